The summed E-state index contributed by atoms with van der Waals surface area (Å²) in [7, 11) is 1.81. The Morgan fingerprint density at radius 2 is 1.75 bits per heavy atom. The van der Waals surface area contributed by atoms with Crippen LogP contribution in [0.3, 0.4) is 0 Å². The molecule has 7 heteroatoms. The van der Waals surface area contributed by atoms with Crippen LogP contribution in [0.1, 0.15) is 24.0 Å². The van der Waals surface area contributed by atoms with Gasteiger partial charge in [0.25, 0.3) is 5.91 Å². The third-order valence-electron chi connectivity index (χ3n) is 6.98. The molecule has 3 unspecified atom stereocenters. The van der Waals surface area contributed by atoms with Gasteiger partial charge in [0.2, 0.25) is 0 Å². The topological polar surface area (TPSA) is 59.1 Å². The first-order valence-corrected chi connectivity index (χ1v) is 11.5. The Morgan fingerprint density at radius 1 is 1.00 bits per heavy atom. The number of urea groups is 1. The summed E-state index contributed by atoms with van der Waals surface area (Å²) < 4.78 is 0. The smallest absolute Gasteiger partial charge is 0.327 e. The van der Waals surface area contributed by atoms with Crippen molar-refractivity contribution in [1.29, 1.82) is 0 Å². The molecule has 168 valence electrons. The molecular formula is C25H31N5O2. The van der Waals surface area contributed by atoms with E-state index in [0.717, 1.165) is 32.4 Å². The number of likely N-dealkylation sites (N-methyl/N-ethyl adjacent to an activating group) is 1. The number of fused-ring (bicyclic) bond motifs is 3. The van der Waals surface area contributed by atoms with Crippen LogP contribution in [-0.4, -0.2) is 71.8 Å². The molecule has 32 heavy (non-hydrogen) atoms. The van der Waals surface area contributed by atoms with Crippen LogP contribution in [0.25, 0.3) is 0 Å². The SMILES string of the molecule is Cc1ccccc1N1CCCN2C3C(=O)N(CCCc4ccccc4)C(=O)N(C)C3NC12. The molecule has 2 aromatic rings. The maximum atomic E-state index is 13.5. The van der Waals surface area contributed by atoms with E-state index in [0.29, 0.717) is 6.54 Å². The minimum absolute atomic E-state index is 0.0761. The molecule has 3 saturated heterocycles. The summed E-state index contributed by atoms with van der Waals surface area (Å²) in [5.41, 5.74) is 3.61. The highest BCUT2D eigenvalue weighted by Crippen LogP contribution is 2.34. The molecule has 0 aliphatic carbocycles. The molecule has 1 N–H and O–H groups in total. The molecule has 0 spiro atoms. The highest BCUT2D eigenvalue weighted by Gasteiger charge is 2.55. The largest absolute Gasteiger partial charge is 0.343 e. The third kappa shape index (κ3) is 3.55. The molecule has 3 aliphatic rings. The lowest BCUT2D eigenvalue weighted by Crippen LogP contribution is -2.66. The first kappa shape index (κ1) is 21.0. The molecule has 3 atom stereocenters. The van der Waals surface area contributed by atoms with Crippen LogP contribution in [0.2, 0.25) is 0 Å². The second-order valence-electron chi connectivity index (χ2n) is 8.97. The summed E-state index contributed by atoms with van der Waals surface area (Å²) >= 11 is 0. The minimum Gasteiger partial charge on any atom is -0.343 e. The van der Waals surface area contributed by atoms with Crippen molar-refractivity contribution in [2.24, 2.45) is 0 Å². The van der Waals surface area contributed by atoms with E-state index in [-0.39, 0.29) is 30.4 Å². The number of nitrogens with one attached hydrogen (secondary N) is 1. The Hall–Kier alpha value is -2.90. The van der Waals surface area contributed by atoms with E-state index >= 15 is 0 Å². The van der Waals surface area contributed by atoms with Gasteiger partial charge in [0.15, 0.2) is 0 Å². The van der Waals surface area contributed by atoms with E-state index in [1.165, 1.54) is 21.7 Å². The van der Waals surface area contributed by atoms with Gasteiger partial charge in [0, 0.05) is 32.4 Å². The van der Waals surface area contributed by atoms with Crippen LogP contribution >= 0.6 is 0 Å². The summed E-state index contributed by atoms with van der Waals surface area (Å²) in [4.78, 5) is 34.4. The molecule has 0 aromatic heterocycles. The number of anilines is 1. The zero-order valence-corrected chi connectivity index (χ0v) is 18.8. The van der Waals surface area contributed by atoms with Crippen molar-refractivity contribution in [3.05, 3.63) is 65.7 Å². The molecule has 7 nitrogen and oxygen atoms in total. The molecule has 5 rings (SSSR count). The predicted octanol–water partition coefficient (Wildman–Crippen LogP) is 2.62. The minimum atomic E-state index is -0.355. The molecule has 3 fully saturated rings. The first-order chi connectivity index (χ1) is 15.6. The highest BCUT2D eigenvalue weighted by molar-refractivity contribution is 6.00. The number of para-hydroxylation sites is 1. The van der Waals surface area contributed by atoms with Gasteiger partial charge >= 0.3 is 6.03 Å². The number of rotatable bonds is 5. The molecular weight excluding hydrogens is 402 g/mol. The van der Waals surface area contributed by atoms with Crippen LogP contribution in [0, 0.1) is 6.92 Å². The van der Waals surface area contributed by atoms with Gasteiger partial charge in [-0.2, -0.15) is 0 Å². The van der Waals surface area contributed by atoms with Gasteiger partial charge in [-0.15, -0.1) is 0 Å². The van der Waals surface area contributed by atoms with Crippen LogP contribution in [-0.2, 0) is 11.2 Å². The molecule has 2 aromatic carbocycles. The zero-order valence-electron chi connectivity index (χ0n) is 18.8. The summed E-state index contributed by atoms with van der Waals surface area (Å²) in [6.07, 6.45) is 2.19. The Bertz CT molecular complexity index is 997. The van der Waals surface area contributed by atoms with E-state index in [1.807, 2.05) is 24.3 Å². The van der Waals surface area contributed by atoms with E-state index in [4.69, 9.17) is 0 Å². The summed E-state index contributed by atoms with van der Waals surface area (Å²) in [6, 6.07) is 18.0. The molecule has 3 heterocycles. The monoisotopic (exact) mass is 433 g/mol. The number of carbonyl (C=O) groups is 2. The first-order valence-electron chi connectivity index (χ1n) is 11.5. The number of amides is 3. The van der Waals surface area contributed by atoms with Crippen LogP contribution < -0.4 is 10.2 Å². The number of aryl methyl sites for hydroxylation is 2. The second-order valence-corrected chi connectivity index (χ2v) is 8.97. The second kappa shape index (κ2) is 8.56. The van der Waals surface area contributed by atoms with Crippen molar-refractivity contribution >= 4 is 17.6 Å². The Morgan fingerprint density at radius 3 is 2.53 bits per heavy atom. The predicted molar refractivity (Wildman–Crippen MR) is 124 cm³/mol. The highest BCUT2D eigenvalue weighted by atomic mass is 16.2. The third-order valence-corrected chi connectivity index (χ3v) is 6.98. The molecule has 0 bridgehead atoms. The van der Waals surface area contributed by atoms with Gasteiger partial charge in [-0.3, -0.25) is 19.9 Å². The number of hydrogen-bond acceptors (Lipinski definition) is 5. The lowest BCUT2D eigenvalue weighted by Gasteiger charge is -2.44. The maximum absolute atomic E-state index is 13.5. The number of carbonyl (C=O) groups excluding carboxylic acids is 2. The van der Waals surface area contributed by atoms with Crippen molar-refractivity contribution in [1.82, 2.24) is 20.0 Å². The fourth-order valence-electron chi connectivity index (χ4n) is 5.34. The standard InChI is InChI=1S/C25H31N5O2/c1-18-10-6-7-14-20(18)28-16-9-17-29-21-22(26-24(28)29)27(2)25(32)30(23(21)31)15-8-13-19-11-4-3-5-12-19/h3-7,10-12,14,21-22,24,26H,8-9,13,15-17H2,1-2H3. The number of benzene rings is 2. The van der Waals surface area contributed by atoms with Gasteiger partial charge in [0.1, 0.15) is 18.5 Å². The van der Waals surface area contributed by atoms with Crippen LogP contribution in [0.5, 0.6) is 0 Å². The average molecular weight is 434 g/mol. The Labute approximate surface area is 189 Å². The van der Waals surface area contributed by atoms with Gasteiger partial charge in [0.05, 0.1) is 0 Å². The van der Waals surface area contributed by atoms with Crippen molar-refractivity contribution in [2.75, 3.05) is 31.6 Å². The van der Waals surface area contributed by atoms with Crippen molar-refractivity contribution in [2.45, 2.75) is 44.7 Å². The fourth-order valence-corrected chi connectivity index (χ4v) is 5.34. The van der Waals surface area contributed by atoms with Crippen molar-refractivity contribution in [3.8, 4) is 0 Å². The molecule has 3 amide bonds. The molecule has 3 aliphatic heterocycles. The van der Waals surface area contributed by atoms with E-state index in [1.54, 1.807) is 11.9 Å². The normalized spacial score (nSPS) is 25.8. The van der Waals surface area contributed by atoms with Gasteiger partial charge in [-0.1, -0.05) is 48.5 Å². The lowest BCUT2D eigenvalue weighted by atomic mass is 10.1. The Kier molecular flexibility index (Phi) is 5.61. The zero-order chi connectivity index (χ0) is 22.2. The van der Waals surface area contributed by atoms with Crippen LogP contribution in [0.15, 0.2) is 54.6 Å². The van der Waals surface area contributed by atoms with E-state index in [9.17, 15) is 9.59 Å². The van der Waals surface area contributed by atoms with E-state index < -0.39 is 0 Å². The van der Waals surface area contributed by atoms with Crippen molar-refractivity contribution in [3.63, 3.8) is 0 Å². The molecule has 0 radical (unpaired) electrons. The van der Waals surface area contributed by atoms with Crippen molar-refractivity contribution < 1.29 is 9.59 Å². The number of nitrogens with zero attached hydrogens (tertiary/aromatic N) is 4. The van der Waals surface area contributed by atoms with Gasteiger partial charge in [-0.25, -0.2) is 4.79 Å². The number of imide groups is 1. The molecule has 0 saturated carbocycles. The van der Waals surface area contributed by atoms with Gasteiger partial charge in [-0.05, 0) is 43.4 Å². The van der Waals surface area contributed by atoms with Gasteiger partial charge < -0.3 is 9.80 Å². The summed E-state index contributed by atoms with van der Waals surface area (Å²) in [5.74, 6) is -0.0761. The lowest BCUT2D eigenvalue weighted by molar-refractivity contribution is -0.138. The fraction of sp³-hybridized carbons (Fsp3) is 0.440. The summed E-state index contributed by atoms with van der Waals surface area (Å²) in [5, 5.41) is 3.59. The van der Waals surface area contributed by atoms with Crippen LogP contribution in [0.4, 0.5) is 10.5 Å². The maximum Gasteiger partial charge on any atom is 0.327 e. The average Bonchev–Trinajstić information content (AvgIpc) is 3.21. The quantitative estimate of drug-likeness (QED) is 0.786. The Balaban J connectivity index is 1.34. The number of hydrogen-bond donors (Lipinski definition) is 1. The van der Waals surface area contributed by atoms with E-state index in [2.05, 4.69) is 52.4 Å². The summed E-state index contributed by atoms with van der Waals surface area (Å²) in [6.45, 7) is 4.32.